The molecule has 0 aliphatic heterocycles. The predicted molar refractivity (Wildman–Crippen MR) is 98.1 cm³/mol. The van der Waals surface area contributed by atoms with Gasteiger partial charge in [-0.15, -0.1) is 0 Å². The smallest absolute Gasteiger partial charge is 0.337 e. The molecule has 0 atom stereocenters. The number of amides is 1. The molecule has 0 radical (unpaired) electrons. The molecule has 2 aromatic carbocycles. The third-order valence-electron chi connectivity index (χ3n) is 3.12. The maximum Gasteiger partial charge on any atom is 0.337 e. The van der Waals surface area contributed by atoms with Gasteiger partial charge in [0, 0.05) is 18.3 Å². The molecule has 0 aromatic heterocycles. The SMILES string of the molecule is CC(=O)Nc1ccc(N(C(N)=S)c2cccc(C(=O)O)c2Cl)cc1. The third kappa shape index (κ3) is 3.81. The Balaban J connectivity index is 2.48. The Morgan fingerprint density at radius 2 is 1.83 bits per heavy atom. The van der Waals surface area contributed by atoms with Gasteiger partial charge in [-0.3, -0.25) is 9.69 Å². The Morgan fingerprint density at radius 3 is 2.33 bits per heavy atom. The molecule has 124 valence electrons. The number of carbonyl (C=O) groups excluding carboxylic acids is 1. The number of carbonyl (C=O) groups is 2. The summed E-state index contributed by atoms with van der Waals surface area (Å²) in [6.07, 6.45) is 0. The van der Waals surface area contributed by atoms with Gasteiger partial charge in [0.15, 0.2) is 5.11 Å². The van der Waals surface area contributed by atoms with E-state index in [1.807, 2.05) is 0 Å². The first-order valence-corrected chi connectivity index (χ1v) is 7.59. The molecule has 1 amide bonds. The Bertz CT molecular complexity index is 809. The molecule has 2 rings (SSSR count). The van der Waals surface area contributed by atoms with E-state index in [2.05, 4.69) is 5.32 Å². The van der Waals surface area contributed by atoms with Crippen molar-refractivity contribution in [3.8, 4) is 0 Å². The fraction of sp³-hybridized carbons (Fsp3) is 0.0625. The summed E-state index contributed by atoms with van der Waals surface area (Å²) in [6.45, 7) is 1.41. The second kappa shape index (κ2) is 7.29. The van der Waals surface area contributed by atoms with Crippen LogP contribution in [0.1, 0.15) is 17.3 Å². The minimum atomic E-state index is -1.15. The lowest BCUT2D eigenvalue weighted by Gasteiger charge is -2.24. The summed E-state index contributed by atoms with van der Waals surface area (Å²) in [6, 6.07) is 11.3. The van der Waals surface area contributed by atoms with Crippen molar-refractivity contribution >= 4 is 57.9 Å². The Hall–Kier alpha value is -2.64. The normalized spacial score (nSPS) is 10.1. The van der Waals surface area contributed by atoms with Gasteiger partial charge < -0.3 is 16.2 Å². The van der Waals surface area contributed by atoms with Crippen LogP contribution in [-0.2, 0) is 4.79 Å². The largest absolute Gasteiger partial charge is 0.478 e. The molecule has 0 bridgehead atoms. The molecule has 0 fully saturated rings. The van der Waals surface area contributed by atoms with Crippen molar-refractivity contribution in [2.24, 2.45) is 5.73 Å². The van der Waals surface area contributed by atoms with E-state index < -0.39 is 5.97 Å². The molecule has 0 saturated heterocycles. The third-order valence-corrected chi connectivity index (χ3v) is 3.70. The first-order valence-electron chi connectivity index (χ1n) is 6.80. The van der Waals surface area contributed by atoms with Gasteiger partial charge in [-0.2, -0.15) is 0 Å². The zero-order valence-electron chi connectivity index (χ0n) is 12.6. The van der Waals surface area contributed by atoms with Crippen LogP contribution in [0.15, 0.2) is 42.5 Å². The van der Waals surface area contributed by atoms with Crippen LogP contribution in [0.2, 0.25) is 5.02 Å². The van der Waals surface area contributed by atoms with Crippen molar-refractivity contribution in [1.29, 1.82) is 0 Å². The van der Waals surface area contributed by atoms with E-state index in [9.17, 15) is 14.7 Å². The second-order valence-electron chi connectivity index (χ2n) is 4.85. The van der Waals surface area contributed by atoms with Gasteiger partial charge in [0.2, 0.25) is 5.91 Å². The molecule has 24 heavy (non-hydrogen) atoms. The van der Waals surface area contributed by atoms with Crippen molar-refractivity contribution in [1.82, 2.24) is 0 Å². The molecule has 0 aliphatic carbocycles. The van der Waals surface area contributed by atoms with E-state index in [1.165, 1.54) is 17.9 Å². The lowest BCUT2D eigenvalue weighted by atomic mass is 10.1. The summed E-state index contributed by atoms with van der Waals surface area (Å²) >= 11 is 11.3. The standard InChI is InChI=1S/C16H14ClN3O3S/c1-9(21)19-10-5-7-11(8-6-10)20(16(18)24)13-4-2-3-12(14(13)17)15(22)23/h2-8H,1H3,(H2,18,24)(H,19,21)(H,22,23). The summed E-state index contributed by atoms with van der Waals surface area (Å²) in [4.78, 5) is 23.8. The van der Waals surface area contributed by atoms with E-state index >= 15 is 0 Å². The van der Waals surface area contributed by atoms with E-state index in [-0.39, 0.29) is 21.6 Å². The highest BCUT2D eigenvalue weighted by Gasteiger charge is 2.20. The van der Waals surface area contributed by atoms with Crippen molar-refractivity contribution in [3.05, 3.63) is 53.1 Å². The predicted octanol–water partition coefficient (Wildman–Crippen LogP) is 3.38. The maximum absolute atomic E-state index is 11.2. The first kappa shape index (κ1) is 17.7. The molecule has 0 saturated carbocycles. The van der Waals surface area contributed by atoms with Gasteiger partial charge in [-0.1, -0.05) is 17.7 Å². The van der Waals surface area contributed by atoms with E-state index in [0.717, 1.165) is 0 Å². The van der Waals surface area contributed by atoms with Crippen molar-refractivity contribution in [2.45, 2.75) is 6.92 Å². The quantitative estimate of drug-likeness (QED) is 0.721. The molecular formula is C16H14ClN3O3S. The van der Waals surface area contributed by atoms with Crippen LogP contribution in [0.4, 0.5) is 17.1 Å². The number of thiocarbonyl (C=S) groups is 1. The average Bonchev–Trinajstić information content (AvgIpc) is 2.49. The first-order chi connectivity index (χ1) is 11.3. The zero-order chi connectivity index (χ0) is 17.9. The number of nitrogens with zero attached hydrogens (tertiary/aromatic N) is 1. The lowest BCUT2D eigenvalue weighted by molar-refractivity contribution is -0.114. The average molecular weight is 364 g/mol. The number of aromatic carboxylic acids is 1. The number of anilines is 3. The van der Waals surface area contributed by atoms with E-state index in [0.29, 0.717) is 17.1 Å². The minimum Gasteiger partial charge on any atom is -0.478 e. The number of rotatable bonds is 4. The van der Waals surface area contributed by atoms with Crippen LogP contribution in [0.3, 0.4) is 0 Å². The molecule has 0 spiro atoms. The molecular weight excluding hydrogens is 350 g/mol. The van der Waals surface area contributed by atoms with Crippen LogP contribution in [-0.4, -0.2) is 22.1 Å². The summed E-state index contributed by atoms with van der Waals surface area (Å²) in [5.41, 5.74) is 7.30. The van der Waals surface area contributed by atoms with Crippen LogP contribution in [0.5, 0.6) is 0 Å². The van der Waals surface area contributed by atoms with Gasteiger partial charge in [-0.25, -0.2) is 4.79 Å². The monoisotopic (exact) mass is 363 g/mol. The summed E-state index contributed by atoms with van der Waals surface area (Å²) in [7, 11) is 0. The Morgan fingerprint density at radius 1 is 1.21 bits per heavy atom. The lowest BCUT2D eigenvalue weighted by Crippen LogP contribution is -2.31. The molecule has 0 aliphatic rings. The van der Waals surface area contributed by atoms with Gasteiger partial charge in [-0.05, 0) is 48.6 Å². The summed E-state index contributed by atoms with van der Waals surface area (Å²) in [5.74, 6) is -1.34. The van der Waals surface area contributed by atoms with Crippen LogP contribution in [0, 0.1) is 0 Å². The highest BCUT2D eigenvalue weighted by atomic mass is 35.5. The fourth-order valence-electron chi connectivity index (χ4n) is 2.14. The zero-order valence-corrected chi connectivity index (χ0v) is 14.2. The maximum atomic E-state index is 11.2. The number of benzene rings is 2. The highest BCUT2D eigenvalue weighted by Crippen LogP contribution is 2.34. The molecule has 0 unspecified atom stereocenters. The van der Waals surface area contributed by atoms with Gasteiger partial charge in [0.05, 0.1) is 16.3 Å². The number of hydrogen-bond acceptors (Lipinski definition) is 3. The van der Waals surface area contributed by atoms with Crippen molar-refractivity contribution < 1.29 is 14.7 Å². The van der Waals surface area contributed by atoms with Gasteiger partial charge >= 0.3 is 5.97 Å². The summed E-state index contributed by atoms with van der Waals surface area (Å²) < 4.78 is 0. The van der Waals surface area contributed by atoms with Gasteiger partial charge in [0.1, 0.15) is 0 Å². The fourth-order valence-corrected chi connectivity index (χ4v) is 2.63. The van der Waals surface area contributed by atoms with Crippen LogP contribution >= 0.6 is 23.8 Å². The Labute approximate surface area is 148 Å². The molecule has 4 N–H and O–H groups in total. The number of nitrogens with two attached hydrogens (primary N) is 1. The van der Waals surface area contributed by atoms with Crippen LogP contribution in [0.25, 0.3) is 0 Å². The number of hydrogen-bond donors (Lipinski definition) is 3. The van der Waals surface area contributed by atoms with Gasteiger partial charge in [0.25, 0.3) is 0 Å². The minimum absolute atomic E-state index is 0.00622. The number of nitrogens with one attached hydrogen (secondary N) is 1. The van der Waals surface area contributed by atoms with E-state index in [1.54, 1.807) is 36.4 Å². The van der Waals surface area contributed by atoms with Crippen molar-refractivity contribution in [2.75, 3.05) is 10.2 Å². The molecule has 8 heteroatoms. The van der Waals surface area contributed by atoms with Crippen molar-refractivity contribution in [3.63, 3.8) is 0 Å². The number of carboxylic acid groups (broad SMARTS) is 1. The van der Waals surface area contributed by atoms with Crippen LogP contribution < -0.4 is 16.0 Å². The molecule has 0 heterocycles. The Kier molecular flexibility index (Phi) is 5.38. The number of carboxylic acids is 1. The number of halogens is 1. The molecule has 6 nitrogen and oxygen atoms in total. The summed E-state index contributed by atoms with van der Waals surface area (Å²) in [5, 5.41) is 11.9. The van der Waals surface area contributed by atoms with E-state index in [4.69, 9.17) is 29.6 Å². The highest BCUT2D eigenvalue weighted by molar-refractivity contribution is 7.80. The molecule has 2 aromatic rings. The topological polar surface area (TPSA) is 95.7 Å². The second-order valence-corrected chi connectivity index (χ2v) is 5.64.